The second-order valence-corrected chi connectivity index (χ2v) is 4.56. The van der Waals surface area contributed by atoms with Crippen molar-refractivity contribution in [1.29, 1.82) is 0 Å². The zero-order valence-corrected chi connectivity index (χ0v) is 11.2. The number of ether oxygens (including phenoxy) is 1. The molecule has 1 aromatic carbocycles. The summed E-state index contributed by atoms with van der Waals surface area (Å²) in [6, 6.07) is 5.04. The minimum absolute atomic E-state index is 0.199. The van der Waals surface area contributed by atoms with Crippen LogP contribution in [-0.4, -0.2) is 18.3 Å². The molecule has 1 aromatic rings. The number of halogens is 3. The Hall–Kier alpha value is -1.76. The maximum atomic E-state index is 12.0. The van der Waals surface area contributed by atoms with Crippen molar-refractivity contribution in [3.05, 3.63) is 29.8 Å². The van der Waals surface area contributed by atoms with Crippen LogP contribution in [-0.2, 0) is 11.3 Å². The predicted octanol–water partition coefficient (Wildman–Crippen LogP) is 2.18. The molecule has 112 valence electrons. The molecule has 0 fully saturated rings. The molecule has 0 saturated heterocycles. The lowest BCUT2D eigenvalue weighted by atomic mass is 10.0. The van der Waals surface area contributed by atoms with Gasteiger partial charge in [-0.25, -0.2) is 0 Å². The predicted molar refractivity (Wildman–Crippen MR) is 67.8 cm³/mol. The third kappa shape index (κ3) is 5.48. The molecule has 20 heavy (non-hydrogen) atoms. The van der Waals surface area contributed by atoms with Crippen molar-refractivity contribution in [3.8, 4) is 5.75 Å². The molecule has 0 aliphatic rings. The maximum absolute atomic E-state index is 12.0. The van der Waals surface area contributed by atoms with E-state index in [9.17, 15) is 18.0 Å². The summed E-state index contributed by atoms with van der Waals surface area (Å²) < 4.78 is 39.7. The Balaban J connectivity index is 2.52. The zero-order chi connectivity index (χ0) is 15.3. The average molecular weight is 290 g/mol. The molecule has 0 heterocycles. The third-order valence-electron chi connectivity index (χ3n) is 2.83. The van der Waals surface area contributed by atoms with Gasteiger partial charge in [0, 0.05) is 18.5 Å². The van der Waals surface area contributed by atoms with Gasteiger partial charge in [0.15, 0.2) is 0 Å². The summed E-state index contributed by atoms with van der Waals surface area (Å²) in [6.07, 6.45) is -4.71. The maximum Gasteiger partial charge on any atom is 0.573 e. The van der Waals surface area contributed by atoms with Crippen molar-refractivity contribution >= 4 is 5.91 Å². The van der Waals surface area contributed by atoms with Crippen LogP contribution in [0.5, 0.6) is 5.75 Å². The SMILES string of the molecule is CC(N)C(C)C(=O)NCc1ccc(OC(F)(F)F)cc1. The van der Waals surface area contributed by atoms with Crippen LogP contribution in [0.25, 0.3) is 0 Å². The standard InChI is InChI=1S/C13H17F3N2O2/c1-8(9(2)17)12(19)18-7-10-3-5-11(6-4-10)20-13(14,15)16/h3-6,8-9H,7,17H2,1-2H3,(H,18,19). The summed E-state index contributed by atoms with van der Waals surface area (Å²) in [5.41, 5.74) is 6.27. The van der Waals surface area contributed by atoms with E-state index in [2.05, 4.69) is 10.1 Å². The Morgan fingerprint density at radius 1 is 1.30 bits per heavy atom. The molecule has 4 nitrogen and oxygen atoms in total. The molecule has 7 heteroatoms. The minimum atomic E-state index is -4.71. The van der Waals surface area contributed by atoms with Gasteiger partial charge in [-0.05, 0) is 24.6 Å². The topological polar surface area (TPSA) is 64.4 Å². The highest BCUT2D eigenvalue weighted by atomic mass is 19.4. The van der Waals surface area contributed by atoms with Crippen LogP contribution in [0.2, 0.25) is 0 Å². The molecule has 0 aliphatic carbocycles. The van der Waals surface area contributed by atoms with Crippen molar-refractivity contribution in [1.82, 2.24) is 5.32 Å². The molecule has 0 spiro atoms. The first-order valence-electron chi connectivity index (χ1n) is 6.07. The van der Waals surface area contributed by atoms with Crippen LogP contribution < -0.4 is 15.8 Å². The van der Waals surface area contributed by atoms with Crippen molar-refractivity contribution in [2.75, 3.05) is 0 Å². The summed E-state index contributed by atoms with van der Waals surface area (Å²) in [4.78, 5) is 11.6. The van der Waals surface area contributed by atoms with Gasteiger partial charge in [0.05, 0.1) is 0 Å². The van der Waals surface area contributed by atoms with Crippen LogP contribution in [0.1, 0.15) is 19.4 Å². The highest BCUT2D eigenvalue weighted by Crippen LogP contribution is 2.22. The number of nitrogens with two attached hydrogens (primary N) is 1. The molecule has 0 aromatic heterocycles. The lowest BCUT2D eigenvalue weighted by Crippen LogP contribution is -2.38. The molecule has 0 bridgehead atoms. The first kappa shape index (κ1) is 16.3. The van der Waals surface area contributed by atoms with Gasteiger partial charge in [-0.3, -0.25) is 4.79 Å². The molecule has 3 N–H and O–H groups in total. The van der Waals surface area contributed by atoms with Gasteiger partial charge in [0.25, 0.3) is 0 Å². The number of alkyl halides is 3. The third-order valence-corrected chi connectivity index (χ3v) is 2.83. The summed E-state index contributed by atoms with van der Waals surface area (Å²) >= 11 is 0. The van der Waals surface area contributed by atoms with Gasteiger partial charge in [0.2, 0.25) is 5.91 Å². The Bertz CT molecular complexity index is 444. The van der Waals surface area contributed by atoms with E-state index in [1.807, 2.05) is 0 Å². The molecule has 1 amide bonds. The number of carbonyl (C=O) groups excluding carboxylic acids is 1. The second kappa shape index (κ2) is 6.60. The van der Waals surface area contributed by atoms with E-state index in [-0.39, 0.29) is 30.2 Å². The molecule has 2 unspecified atom stereocenters. The highest BCUT2D eigenvalue weighted by molar-refractivity contribution is 5.78. The smallest absolute Gasteiger partial charge is 0.406 e. The Morgan fingerprint density at radius 2 is 1.85 bits per heavy atom. The molecular weight excluding hydrogens is 273 g/mol. The van der Waals surface area contributed by atoms with E-state index >= 15 is 0 Å². The van der Waals surface area contributed by atoms with Crippen LogP contribution >= 0.6 is 0 Å². The lowest BCUT2D eigenvalue weighted by molar-refractivity contribution is -0.274. The fourth-order valence-corrected chi connectivity index (χ4v) is 1.40. The molecule has 0 saturated carbocycles. The highest BCUT2D eigenvalue weighted by Gasteiger charge is 2.30. The average Bonchev–Trinajstić information content (AvgIpc) is 2.34. The van der Waals surface area contributed by atoms with Crippen molar-refractivity contribution < 1.29 is 22.7 Å². The van der Waals surface area contributed by atoms with Crippen LogP contribution in [0, 0.1) is 5.92 Å². The normalized spacial score (nSPS) is 14.5. The number of nitrogens with one attached hydrogen (secondary N) is 1. The monoisotopic (exact) mass is 290 g/mol. The van der Waals surface area contributed by atoms with Gasteiger partial charge < -0.3 is 15.8 Å². The van der Waals surface area contributed by atoms with Crippen LogP contribution in [0.3, 0.4) is 0 Å². The number of amides is 1. The minimum Gasteiger partial charge on any atom is -0.406 e. The fraction of sp³-hybridized carbons (Fsp3) is 0.462. The molecular formula is C13H17F3N2O2. The summed E-state index contributed by atoms with van der Waals surface area (Å²) in [6.45, 7) is 3.66. The number of carbonyl (C=O) groups is 1. The van der Waals surface area contributed by atoms with Crippen molar-refractivity contribution in [2.24, 2.45) is 11.7 Å². The van der Waals surface area contributed by atoms with Gasteiger partial charge in [-0.15, -0.1) is 13.2 Å². The van der Waals surface area contributed by atoms with Gasteiger partial charge in [0.1, 0.15) is 5.75 Å². The van der Waals surface area contributed by atoms with Crippen molar-refractivity contribution in [2.45, 2.75) is 32.8 Å². The van der Waals surface area contributed by atoms with E-state index < -0.39 is 6.36 Å². The summed E-state index contributed by atoms with van der Waals surface area (Å²) in [7, 11) is 0. The quantitative estimate of drug-likeness (QED) is 0.873. The molecule has 1 rings (SSSR count). The van der Waals surface area contributed by atoms with E-state index in [1.165, 1.54) is 24.3 Å². The van der Waals surface area contributed by atoms with Gasteiger partial charge in [-0.1, -0.05) is 19.1 Å². The van der Waals surface area contributed by atoms with Gasteiger partial charge in [-0.2, -0.15) is 0 Å². The van der Waals surface area contributed by atoms with Crippen LogP contribution in [0.15, 0.2) is 24.3 Å². The Morgan fingerprint density at radius 3 is 2.30 bits per heavy atom. The van der Waals surface area contributed by atoms with Gasteiger partial charge >= 0.3 is 6.36 Å². The first-order valence-corrected chi connectivity index (χ1v) is 6.07. The number of benzene rings is 1. The number of rotatable bonds is 5. The first-order chi connectivity index (χ1) is 9.19. The second-order valence-electron chi connectivity index (χ2n) is 4.56. The summed E-state index contributed by atoms with van der Waals surface area (Å²) in [5.74, 6) is -0.824. The lowest BCUT2D eigenvalue weighted by Gasteiger charge is -2.15. The zero-order valence-electron chi connectivity index (χ0n) is 11.2. The van der Waals surface area contributed by atoms with Crippen LogP contribution in [0.4, 0.5) is 13.2 Å². The largest absolute Gasteiger partial charge is 0.573 e. The molecule has 0 aliphatic heterocycles. The Labute approximate surface area is 115 Å². The van der Waals surface area contributed by atoms with E-state index in [0.29, 0.717) is 5.56 Å². The summed E-state index contributed by atoms with van der Waals surface area (Å²) in [5, 5.41) is 2.67. The number of hydrogen-bond acceptors (Lipinski definition) is 3. The Kier molecular flexibility index (Phi) is 5.38. The fourth-order valence-electron chi connectivity index (χ4n) is 1.40. The van der Waals surface area contributed by atoms with E-state index in [1.54, 1.807) is 13.8 Å². The van der Waals surface area contributed by atoms with E-state index in [0.717, 1.165) is 0 Å². The molecule has 0 radical (unpaired) electrons. The molecule has 2 atom stereocenters. The van der Waals surface area contributed by atoms with Crippen molar-refractivity contribution in [3.63, 3.8) is 0 Å². The van der Waals surface area contributed by atoms with E-state index in [4.69, 9.17) is 5.73 Å². The number of hydrogen-bond donors (Lipinski definition) is 2.